The van der Waals surface area contributed by atoms with E-state index in [2.05, 4.69) is 39.2 Å². The van der Waals surface area contributed by atoms with Crippen molar-refractivity contribution < 1.29 is 0 Å². The minimum atomic E-state index is 0.626. The molecule has 0 bridgehead atoms. The van der Waals surface area contributed by atoms with E-state index in [-0.39, 0.29) is 0 Å². The summed E-state index contributed by atoms with van der Waals surface area (Å²) >= 11 is 0. The molecule has 3 N–H and O–H groups in total. The number of hydrogen-bond donors (Lipinski definition) is 2. The van der Waals surface area contributed by atoms with Gasteiger partial charge in [0.15, 0.2) is 11.5 Å². The second-order valence-electron chi connectivity index (χ2n) is 4.51. The van der Waals surface area contributed by atoms with E-state index in [0.717, 1.165) is 42.9 Å². The highest BCUT2D eigenvalue weighted by Gasteiger charge is 2.12. The maximum Gasteiger partial charge on any atom is 0.163 e. The van der Waals surface area contributed by atoms with Crippen molar-refractivity contribution >= 4 is 16.9 Å². The Morgan fingerprint density at radius 3 is 2.79 bits per heavy atom. The summed E-state index contributed by atoms with van der Waals surface area (Å²) in [6.45, 7) is 7.04. The molecule has 104 valence electrons. The van der Waals surface area contributed by atoms with Crippen LogP contribution in [-0.2, 0) is 13.6 Å². The summed E-state index contributed by atoms with van der Waals surface area (Å²) in [4.78, 5) is 11.3. The molecule has 0 aliphatic heterocycles. The van der Waals surface area contributed by atoms with Gasteiger partial charge in [-0.1, -0.05) is 13.8 Å². The summed E-state index contributed by atoms with van der Waals surface area (Å²) in [5.41, 5.74) is 3.42. The van der Waals surface area contributed by atoms with E-state index in [1.165, 1.54) is 0 Å². The number of aromatic nitrogens is 4. The molecule has 2 rings (SSSR count). The van der Waals surface area contributed by atoms with Gasteiger partial charge >= 0.3 is 0 Å². The van der Waals surface area contributed by atoms with Gasteiger partial charge in [0.05, 0.1) is 18.1 Å². The van der Waals surface area contributed by atoms with Gasteiger partial charge in [-0.2, -0.15) is 5.10 Å². The maximum atomic E-state index is 5.53. The Bertz CT molecular complexity index is 548. The molecule has 0 radical (unpaired) electrons. The molecular weight excluding hydrogens is 242 g/mol. The molecule has 0 saturated heterocycles. The van der Waals surface area contributed by atoms with Crippen molar-refractivity contribution in [2.75, 3.05) is 18.5 Å². The van der Waals surface area contributed by atoms with Gasteiger partial charge in [0.25, 0.3) is 0 Å². The van der Waals surface area contributed by atoms with Crippen molar-refractivity contribution in [1.82, 2.24) is 24.6 Å². The van der Waals surface area contributed by atoms with Gasteiger partial charge in [0, 0.05) is 7.05 Å². The lowest BCUT2D eigenvalue weighted by Gasteiger charge is -2.18. The Kier molecular flexibility index (Phi) is 4.28. The lowest BCUT2D eigenvalue weighted by atomic mass is 10.3. The number of aryl methyl sites for hydroxylation is 1. The zero-order chi connectivity index (χ0) is 13.8. The number of nitrogen functional groups attached to an aromatic ring is 1. The van der Waals surface area contributed by atoms with E-state index in [9.17, 15) is 0 Å². The highest BCUT2D eigenvalue weighted by Crippen LogP contribution is 2.19. The third-order valence-corrected chi connectivity index (χ3v) is 3.13. The number of fused-ring (bicyclic) bond motifs is 1. The first-order chi connectivity index (χ1) is 9.19. The molecule has 7 heteroatoms. The summed E-state index contributed by atoms with van der Waals surface area (Å²) in [5.74, 6) is 6.91. The summed E-state index contributed by atoms with van der Waals surface area (Å²) < 4.78 is 1.73. The highest BCUT2D eigenvalue weighted by atomic mass is 15.3. The molecule has 0 unspecified atom stereocenters. The van der Waals surface area contributed by atoms with Crippen LogP contribution in [0, 0.1) is 0 Å². The molecule has 0 aliphatic carbocycles. The third-order valence-electron chi connectivity index (χ3n) is 3.13. The number of nitrogens with one attached hydrogen (secondary N) is 1. The second kappa shape index (κ2) is 5.94. The quantitative estimate of drug-likeness (QED) is 0.594. The van der Waals surface area contributed by atoms with Gasteiger partial charge in [-0.3, -0.25) is 9.58 Å². The number of anilines is 1. The van der Waals surface area contributed by atoms with E-state index >= 15 is 0 Å². The van der Waals surface area contributed by atoms with Crippen molar-refractivity contribution in [3.05, 3.63) is 12.0 Å². The molecule has 19 heavy (non-hydrogen) atoms. The van der Waals surface area contributed by atoms with Crippen LogP contribution in [0.2, 0.25) is 0 Å². The average Bonchev–Trinajstić information content (AvgIpc) is 2.79. The fourth-order valence-corrected chi connectivity index (χ4v) is 2.11. The van der Waals surface area contributed by atoms with Gasteiger partial charge in [0.1, 0.15) is 5.82 Å². The summed E-state index contributed by atoms with van der Waals surface area (Å²) in [7, 11) is 1.86. The van der Waals surface area contributed by atoms with Crippen molar-refractivity contribution in [3.8, 4) is 0 Å². The minimum Gasteiger partial charge on any atom is -0.308 e. The Morgan fingerprint density at radius 2 is 2.16 bits per heavy atom. The molecular formula is C12H21N7. The molecule has 0 atom stereocenters. The summed E-state index contributed by atoms with van der Waals surface area (Å²) in [6, 6.07) is 0. The average molecular weight is 263 g/mol. The van der Waals surface area contributed by atoms with Crippen LogP contribution in [0.5, 0.6) is 0 Å². The molecule has 0 fully saturated rings. The summed E-state index contributed by atoms with van der Waals surface area (Å²) in [6.07, 6.45) is 2.84. The molecule has 0 aromatic carbocycles. The molecule has 0 aliphatic rings. The van der Waals surface area contributed by atoms with Crippen molar-refractivity contribution in [2.45, 2.75) is 26.8 Å². The van der Waals surface area contributed by atoms with Gasteiger partial charge < -0.3 is 5.43 Å². The van der Waals surface area contributed by atoms with Gasteiger partial charge in [-0.15, -0.1) is 0 Å². The minimum absolute atomic E-state index is 0.626. The third kappa shape index (κ3) is 2.82. The normalized spacial score (nSPS) is 11.4. The Balaban J connectivity index is 2.35. The monoisotopic (exact) mass is 263 g/mol. The number of rotatable bonds is 6. The maximum absolute atomic E-state index is 5.53. The predicted octanol–water partition coefficient (Wildman–Crippen LogP) is 0.881. The molecule has 2 heterocycles. The van der Waals surface area contributed by atoms with Crippen LogP contribution in [0.3, 0.4) is 0 Å². The Morgan fingerprint density at radius 1 is 1.37 bits per heavy atom. The molecule has 0 amide bonds. The zero-order valence-electron chi connectivity index (χ0n) is 11.7. The Hall–Kier alpha value is -1.73. The molecule has 7 nitrogen and oxygen atoms in total. The smallest absolute Gasteiger partial charge is 0.163 e. The first-order valence-corrected chi connectivity index (χ1v) is 6.57. The standard InChI is InChI=1S/C12H21N7/c1-4-6-19(5-2)8-10-15-11(17-13)9-7-14-18(3)12(9)16-10/h7H,4-6,8,13H2,1-3H3,(H,15,16,17). The fourth-order valence-electron chi connectivity index (χ4n) is 2.11. The molecule has 0 saturated carbocycles. The van der Waals surface area contributed by atoms with E-state index in [4.69, 9.17) is 5.84 Å². The van der Waals surface area contributed by atoms with Crippen molar-refractivity contribution in [1.29, 1.82) is 0 Å². The molecule has 0 spiro atoms. The van der Waals surface area contributed by atoms with Crippen LogP contribution in [0.15, 0.2) is 6.20 Å². The number of nitrogens with two attached hydrogens (primary N) is 1. The number of hydrazine groups is 1. The fraction of sp³-hybridized carbons (Fsp3) is 0.583. The van der Waals surface area contributed by atoms with Crippen LogP contribution < -0.4 is 11.3 Å². The van der Waals surface area contributed by atoms with E-state index in [0.29, 0.717) is 5.82 Å². The van der Waals surface area contributed by atoms with E-state index in [1.807, 2.05) is 7.05 Å². The Labute approximate surface area is 112 Å². The second-order valence-corrected chi connectivity index (χ2v) is 4.51. The number of hydrogen-bond acceptors (Lipinski definition) is 6. The van der Waals surface area contributed by atoms with Crippen LogP contribution in [0.4, 0.5) is 5.82 Å². The van der Waals surface area contributed by atoms with Gasteiger partial charge in [0.2, 0.25) is 0 Å². The lowest BCUT2D eigenvalue weighted by molar-refractivity contribution is 0.274. The van der Waals surface area contributed by atoms with Crippen LogP contribution in [-0.4, -0.2) is 37.7 Å². The zero-order valence-corrected chi connectivity index (χ0v) is 11.7. The lowest BCUT2D eigenvalue weighted by Crippen LogP contribution is -2.25. The first kappa shape index (κ1) is 13.7. The molecule has 2 aromatic rings. The van der Waals surface area contributed by atoms with Crippen LogP contribution in [0.25, 0.3) is 11.0 Å². The number of nitrogens with zero attached hydrogens (tertiary/aromatic N) is 5. The first-order valence-electron chi connectivity index (χ1n) is 6.57. The highest BCUT2D eigenvalue weighted by molar-refractivity contribution is 5.86. The van der Waals surface area contributed by atoms with E-state index < -0.39 is 0 Å². The SMILES string of the molecule is CCCN(CC)Cc1nc(NN)c2cnn(C)c2n1. The van der Waals surface area contributed by atoms with Gasteiger partial charge in [-0.25, -0.2) is 15.8 Å². The van der Waals surface area contributed by atoms with Crippen molar-refractivity contribution in [2.24, 2.45) is 12.9 Å². The predicted molar refractivity (Wildman–Crippen MR) is 75.4 cm³/mol. The largest absolute Gasteiger partial charge is 0.308 e. The molecule has 2 aromatic heterocycles. The van der Waals surface area contributed by atoms with E-state index in [1.54, 1.807) is 10.9 Å². The summed E-state index contributed by atoms with van der Waals surface area (Å²) in [5, 5.41) is 5.03. The van der Waals surface area contributed by atoms with Crippen molar-refractivity contribution in [3.63, 3.8) is 0 Å². The van der Waals surface area contributed by atoms with Gasteiger partial charge in [-0.05, 0) is 19.5 Å². The van der Waals surface area contributed by atoms with Crippen LogP contribution in [0.1, 0.15) is 26.1 Å². The van der Waals surface area contributed by atoms with Crippen LogP contribution >= 0.6 is 0 Å². The topological polar surface area (TPSA) is 84.9 Å².